The maximum atomic E-state index is 11.7. The third-order valence-corrected chi connectivity index (χ3v) is 4.63. The largest absolute Gasteiger partial charge is 0.481 e. The molecule has 0 aromatic heterocycles. The van der Waals surface area contributed by atoms with Crippen molar-refractivity contribution in [3.8, 4) is 0 Å². The van der Waals surface area contributed by atoms with E-state index in [2.05, 4.69) is 4.72 Å². The summed E-state index contributed by atoms with van der Waals surface area (Å²) in [7, 11) is -1.89. The Morgan fingerprint density at radius 3 is 2.28 bits per heavy atom. The quantitative estimate of drug-likeness (QED) is 0.661. The Kier molecular flexibility index (Phi) is 7.42. The van der Waals surface area contributed by atoms with Crippen LogP contribution in [0.3, 0.4) is 0 Å². The van der Waals surface area contributed by atoms with Gasteiger partial charge in [-0.15, -0.1) is 0 Å². The van der Waals surface area contributed by atoms with Crippen molar-refractivity contribution in [2.24, 2.45) is 5.92 Å². The van der Waals surface area contributed by atoms with Crippen molar-refractivity contribution in [3.05, 3.63) is 0 Å². The minimum absolute atomic E-state index is 0.0908. The second-order valence-electron chi connectivity index (χ2n) is 4.84. The molecule has 0 aromatic carbocycles. The molecular weight excluding hydrogens is 256 g/mol. The Balaban J connectivity index is 4.00. The van der Waals surface area contributed by atoms with Gasteiger partial charge in [0.1, 0.15) is 0 Å². The van der Waals surface area contributed by atoms with Crippen molar-refractivity contribution < 1.29 is 18.3 Å². The van der Waals surface area contributed by atoms with E-state index in [9.17, 15) is 13.2 Å². The number of carbonyl (C=O) groups is 1. The molecule has 0 aliphatic heterocycles. The fourth-order valence-electron chi connectivity index (χ4n) is 1.33. The predicted octanol–water partition coefficient (Wildman–Crippen LogP) is 1.05. The molecular formula is C11H24N2O4S. The first-order valence-corrected chi connectivity index (χ1v) is 7.55. The molecule has 1 unspecified atom stereocenters. The molecule has 0 heterocycles. The maximum Gasteiger partial charge on any atom is 0.303 e. The zero-order chi connectivity index (χ0) is 14.3. The lowest BCUT2D eigenvalue weighted by molar-refractivity contribution is -0.137. The Labute approximate surface area is 110 Å². The molecule has 0 bridgehead atoms. The summed E-state index contributed by atoms with van der Waals surface area (Å²) in [5.74, 6) is -0.630. The molecule has 0 rings (SSSR count). The van der Waals surface area contributed by atoms with Crippen molar-refractivity contribution >= 4 is 16.2 Å². The zero-order valence-electron chi connectivity index (χ0n) is 11.5. The molecule has 0 aliphatic carbocycles. The molecule has 7 heteroatoms. The van der Waals surface area contributed by atoms with Crippen LogP contribution in [0.1, 0.15) is 40.0 Å². The summed E-state index contributed by atoms with van der Waals surface area (Å²) in [4.78, 5) is 10.4. The van der Waals surface area contributed by atoms with Gasteiger partial charge in [-0.25, -0.2) is 4.72 Å². The van der Waals surface area contributed by atoms with E-state index in [1.165, 1.54) is 11.4 Å². The van der Waals surface area contributed by atoms with Crippen LogP contribution in [0.2, 0.25) is 0 Å². The van der Waals surface area contributed by atoms with Gasteiger partial charge in [-0.1, -0.05) is 6.92 Å². The number of rotatable bonds is 9. The highest BCUT2D eigenvalue weighted by Gasteiger charge is 2.19. The first-order valence-electron chi connectivity index (χ1n) is 6.11. The van der Waals surface area contributed by atoms with E-state index < -0.39 is 16.2 Å². The number of hydrogen-bond donors (Lipinski definition) is 2. The standard InChI is InChI=1S/C11H24N2O4S/c1-9(2)13(4)18(16,17)12-8-7-10(3)5-6-11(14)15/h9-10,12H,5-8H2,1-4H3,(H,14,15). The molecule has 108 valence electrons. The molecule has 0 radical (unpaired) electrons. The summed E-state index contributed by atoms with van der Waals surface area (Å²) >= 11 is 0. The molecule has 0 aromatic rings. The number of nitrogens with zero attached hydrogens (tertiary/aromatic N) is 1. The molecule has 6 nitrogen and oxygen atoms in total. The Bertz CT molecular complexity index is 354. The maximum absolute atomic E-state index is 11.7. The van der Waals surface area contributed by atoms with Crippen molar-refractivity contribution in [3.63, 3.8) is 0 Å². The monoisotopic (exact) mass is 280 g/mol. The second-order valence-corrected chi connectivity index (χ2v) is 6.65. The van der Waals surface area contributed by atoms with Crippen molar-refractivity contribution in [2.45, 2.75) is 46.1 Å². The lowest BCUT2D eigenvalue weighted by Gasteiger charge is -2.21. The minimum atomic E-state index is -3.42. The molecule has 0 saturated heterocycles. The van der Waals surface area contributed by atoms with Crippen LogP contribution in [0.25, 0.3) is 0 Å². The average Bonchev–Trinajstić information content (AvgIpc) is 2.24. The molecule has 0 spiro atoms. The smallest absolute Gasteiger partial charge is 0.303 e. The zero-order valence-corrected chi connectivity index (χ0v) is 12.3. The van der Waals surface area contributed by atoms with Gasteiger partial charge >= 0.3 is 5.97 Å². The van der Waals surface area contributed by atoms with Crippen molar-refractivity contribution in [2.75, 3.05) is 13.6 Å². The van der Waals surface area contributed by atoms with E-state index >= 15 is 0 Å². The van der Waals surface area contributed by atoms with Crippen LogP contribution in [-0.2, 0) is 15.0 Å². The molecule has 1 atom stereocenters. The van der Waals surface area contributed by atoms with Crippen LogP contribution < -0.4 is 4.72 Å². The molecule has 0 amide bonds. The lowest BCUT2D eigenvalue weighted by atomic mass is 10.0. The Morgan fingerprint density at radius 1 is 1.28 bits per heavy atom. The molecule has 18 heavy (non-hydrogen) atoms. The molecule has 0 aliphatic rings. The second kappa shape index (κ2) is 7.70. The van der Waals surface area contributed by atoms with Gasteiger partial charge in [-0.05, 0) is 32.6 Å². The summed E-state index contributed by atoms with van der Waals surface area (Å²) < 4.78 is 27.3. The van der Waals surface area contributed by atoms with E-state index in [0.29, 0.717) is 19.4 Å². The highest BCUT2D eigenvalue weighted by molar-refractivity contribution is 7.87. The van der Waals surface area contributed by atoms with E-state index in [0.717, 1.165) is 0 Å². The van der Waals surface area contributed by atoms with Crippen LogP contribution >= 0.6 is 0 Å². The van der Waals surface area contributed by atoms with Gasteiger partial charge in [0, 0.05) is 26.1 Å². The topological polar surface area (TPSA) is 86.7 Å². The van der Waals surface area contributed by atoms with Gasteiger partial charge in [0.05, 0.1) is 0 Å². The number of hydrogen-bond acceptors (Lipinski definition) is 3. The highest BCUT2D eigenvalue weighted by Crippen LogP contribution is 2.10. The van der Waals surface area contributed by atoms with Gasteiger partial charge in [0.15, 0.2) is 0 Å². The highest BCUT2D eigenvalue weighted by atomic mass is 32.2. The molecule has 0 fully saturated rings. The fraction of sp³-hybridized carbons (Fsp3) is 0.909. The minimum Gasteiger partial charge on any atom is -0.481 e. The molecule has 2 N–H and O–H groups in total. The third-order valence-electron chi connectivity index (χ3n) is 2.88. The summed E-state index contributed by atoms with van der Waals surface area (Å²) in [6, 6.07) is -0.0908. The SMILES string of the molecule is CC(CCNS(=O)(=O)N(C)C(C)C)CCC(=O)O. The summed E-state index contributed by atoms with van der Waals surface area (Å²) in [6.45, 7) is 5.85. The van der Waals surface area contributed by atoms with Gasteiger partial charge in [-0.3, -0.25) is 4.79 Å². The van der Waals surface area contributed by atoms with Gasteiger partial charge in [-0.2, -0.15) is 12.7 Å². The van der Waals surface area contributed by atoms with Crippen LogP contribution in [-0.4, -0.2) is 43.4 Å². The average molecular weight is 280 g/mol. The fourth-order valence-corrected chi connectivity index (χ4v) is 2.46. The Hall–Kier alpha value is -0.660. The van der Waals surface area contributed by atoms with Gasteiger partial charge < -0.3 is 5.11 Å². The van der Waals surface area contributed by atoms with E-state index in [1.807, 2.05) is 6.92 Å². The summed E-state index contributed by atoms with van der Waals surface area (Å²) in [5, 5.41) is 8.53. The first-order chi connectivity index (χ1) is 8.16. The number of carboxylic acids is 1. The number of nitrogens with one attached hydrogen (secondary N) is 1. The van der Waals surface area contributed by atoms with Gasteiger partial charge in [0.2, 0.25) is 0 Å². The van der Waals surface area contributed by atoms with Gasteiger partial charge in [0.25, 0.3) is 10.2 Å². The van der Waals surface area contributed by atoms with Crippen LogP contribution in [0.4, 0.5) is 0 Å². The van der Waals surface area contributed by atoms with E-state index in [4.69, 9.17) is 5.11 Å². The summed E-state index contributed by atoms with van der Waals surface area (Å²) in [6.07, 6.45) is 1.33. The van der Waals surface area contributed by atoms with Crippen LogP contribution in [0.15, 0.2) is 0 Å². The lowest BCUT2D eigenvalue weighted by Crippen LogP contribution is -2.42. The van der Waals surface area contributed by atoms with Crippen molar-refractivity contribution in [1.82, 2.24) is 9.03 Å². The first kappa shape index (κ1) is 17.3. The third kappa shape index (κ3) is 6.93. The van der Waals surface area contributed by atoms with E-state index in [-0.39, 0.29) is 18.4 Å². The Morgan fingerprint density at radius 2 is 1.83 bits per heavy atom. The number of aliphatic carboxylic acids is 1. The van der Waals surface area contributed by atoms with Crippen LogP contribution in [0, 0.1) is 5.92 Å². The van der Waals surface area contributed by atoms with E-state index in [1.54, 1.807) is 13.8 Å². The normalized spacial score (nSPS) is 14.1. The molecule has 0 saturated carbocycles. The number of carboxylic acid groups (broad SMARTS) is 1. The predicted molar refractivity (Wildman–Crippen MR) is 70.5 cm³/mol. The summed E-state index contributed by atoms with van der Waals surface area (Å²) in [5.41, 5.74) is 0. The van der Waals surface area contributed by atoms with Crippen LogP contribution in [0.5, 0.6) is 0 Å². The van der Waals surface area contributed by atoms with Crippen molar-refractivity contribution in [1.29, 1.82) is 0 Å².